The normalized spacial score (nSPS) is 19.8. The summed E-state index contributed by atoms with van der Waals surface area (Å²) < 4.78 is 0. The average molecular weight is 172 g/mol. The van der Waals surface area contributed by atoms with Crippen LogP contribution in [-0.2, 0) is 9.78 Å². The third kappa shape index (κ3) is 3.11. The first-order valence-electron chi connectivity index (χ1n) is 4.68. The standard InChI is InChI=1S/C10H20O2/c1-9(2,3)11-12-10(4,5)8-6-7-8/h8H,6-7H2,1-5H3. The lowest BCUT2D eigenvalue weighted by Gasteiger charge is -2.28. The largest absolute Gasteiger partial charge is 0.230 e. The Morgan fingerprint density at radius 1 is 0.917 bits per heavy atom. The monoisotopic (exact) mass is 172 g/mol. The second-order valence-corrected chi connectivity index (χ2v) is 5.16. The highest BCUT2D eigenvalue weighted by Crippen LogP contribution is 2.41. The van der Waals surface area contributed by atoms with Crippen molar-refractivity contribution in [3.8, 4) is 0 Å². The Morgan fingerprint density at radius 3 is 1.75 bits per heavy atom. The van der Waals surface area contributed by atoms with E-state index in [1.165, 1.54) is 12.8 Å². The van der Waals surface area contributed by atoms with Crippen molar-refractivity contribution in [2.24, 2.45) is 5.92 Å². The first-order valence-corrected chi connectivity index (χ1v) is 4.68. The molecule has 0 radical (unpaired) electrons. The van der Waals surface area contributed by atoms with Crippen LogP contribution in [0.15, 0.2) is 0 Å². The maximum atomic E-state index is 5.42. The van der Waals surface area contributed by atoms with Gasteiger partial charge >= 0.3 is 0 Å². The molecule has 0 heterocycles. The third-order valence-corrected chi connectivity index (χ3v) is 2.07. The molecule has 1 fully saturated rings. The van der Waals surface area contributed by atoms with Crippen LogP contribution in [0.5, 0.6) is 0 Å². The molecule has 1 aliphatic carbocycles. The smallest absolute Gasteiger partial charge is 0.101 e. The minimum absolute atomic E-state index is 0.104. The number of hydrogen-bond acceptors (Lipinski definition) is 2. The minimum atomic E-state index is -0.202. The van der Waals surface area contributed by atoms with Crippen LogP contribution in [0.2, 0.25) is 0 Å². The molecule has 1 saturated carbocycles. The zero-order chi connectivity index (χ0) is 9.41. The zero-order valence-corrected chi connectivity index (χ0v) is 8.81. The quantitative estimate of drug-likeness (QED) is 0.481. The van der Waals surface area contributed by atoms with Crippen LogP contribution in [0, 0.1) is 5.92 Å². The number of rotatable bonds is 3. The molecule has 2 heteroatoms. The van der Waals surface area contributed by atoms with Gasteiger partial charge in [0.15, 0.2) is 0 Å². The van der Waals surface area contributed by atoms with Crippen LogP contribution in [-0.4, -0.2) is 11.2 Å². The van der Waals surface area contributed by atoms with Gasteiger partial charge in [-0.15, -0.1) is 0 Å². The molecule has 0 aromatic heterocycles. The van der Waals surface area contributed by atoms with E-state index in [4.69, 9.17) is 9.78 Å². The fourth-order valence-corrected chi connectivity index (χ4v) is 1.08. The molecule has 0 saturated heterocycles. The Balaban J connectivity index is 2.30. The minimum Gasteiger partial charge on any atom is -0.230 e. The summed E-state index contributed by atoms with van der Waals surface area (Å²) in [7, 11) is 0. The lowest BCUT2D eigenvalue weighted by Crippen LogP contribution is -2.32. The van der Waals surface area contributed by atoms with E-state index in [0.717, 1.165) is 0 Å². The Kier molecular flexibility index (Phi) is 2.50. The van der Waals surface area contributed by atoms with Gasteiger partial charge in [-0.25, -0.2) is 9.78 Å². The first-order chi connectivity index (χ1) is 5.31. The molecule has 1 rings (SSSR count). The fraction of sp³-hybridized carbons (Fsp3) is 1.00. The maximum absolute atomic E-state index is 5.42. The highest BCUT2D eigenvalue weighted by molar-refractivity contribution is 4.88. The molecule has 0 atom stereocenters. The van der Waals surface area contributed by atoms with E-state index in [1.54, 1.807) is 0 Å². The van der Waals surface area contributed by atoms with Crippen molar-refractivity contribution in [3.05, 3.63) is 0 Å². The van der Waals surface area contributed by atoms with Gasteiger partial charge < -0.3 is 0 Å². The zero-order valence-electron chi connectivity index (χ0n) is 8.81. The van der Waals surface area contributed by atoms with Crippen LogP contribution in [0.4, 0.5) is 0 Å². The summed E-state index contributed by atoms with van der Waals surface area (Å²) in [5.74, 6) is 0.694. The van der Waals surface area contributed by atoms with Gasteiger partial charge in [-0.05, 0) is 53.4 Å². The van der Waals surface area contributed by atoms with E-state index in [0.29, 0.717) is 5.92 Å². The van der Waals surface area contributed by atoms with Crippen LogP contribution < -0.4 is 0 Å². The molecule has 2 nitrogen and oxygen atoms in total. The Morgan fingerprint density at radius 2 is 1.42 bits per heavy atom. The molecule has 0 aromatic carbocycles. The van der Waals surface area contributed by atoms with Gasteiger partial charge in [0, 0.05) is 0 Å². The molecule has 0 aromatic rings. The Bertz CT molecular complexity index is 152. The molecule has 0 spiro atoms. The summed E-state index contributed by atoms with van der Waals surface area (Å²) in [5, 5.41) is 0. The van der Waals surface area contributed by atoms with Crippen molar-refractivity contribution < 1.29 is 9.78 Å². The predicted octanol–water partition coefficient (Wildman–Crippen LogP) is 2.92. The van der Waals surface area contributed by atoms with Crippen molar-refractivity contribution in [1.82, 2.24) is 0 Å². The molecule has 0 aliphatic heterocycles. The van der Waals surface area contributed by atoms with E-state index < -0.39 is 0 Å². The molecule has 0 unspecified atom stereocenters. The van der Waals surface area contributed by atoms with Gasteiger partial charge in [-0.2, -0.15) is 0 Å². The Hall–Kier alpha value is -0.0800. The van der Waals surface area contributed by atoms with Crippen LogP contribution in [0.1, 0.15) is 47.5 Å². The third-order valence-electron chi connectivity index (χ3n) is 2.07. The van der Waals surface area contributed by atoms with Crippen molar-refractivity contribution in [1.29, 1.82) is 0 Å². The molecular weight excluding hydrogens is 152 g/mol. The molecule has 1 aliphatic rings. The summed E-state index contributed by atoms with van der Waals surface area (Å²) in [6, 6.07) is 0. The van der Waals surface area contributed by atoms with E-state index in [9.17, 15) is 0 Å². The summed E-state index contributed by atoms with van der Waals surface area (Å²) in [4.78, 5) is 10.7. The van der Waals surface area contributed by atoms with Gasteiger partial charge in [0.25, 0.3) is 0 Å². The molecule has 0 N–H and O–H groups in total. The average Bonchev–Trinajstić information content (AvgIpc) is 2.62. The molecule has 0 bridgehead atoms. The maximum Gasteiger partial charge on any atom is 0.101 e. The van der Waals surface area contributed by atoms with Gasteiger partial charge in [0.05, 0.1) is 5.60 Å². The summed E-state index contributed by atoms with van der Waals surface area (Å²) >= 11 is 0. The van der Waals surface area contributed by atoms with E-state index in [1.807, 2.05) is 20.8 Å². The second kappa shape index (κ2) is 3.00. The van der Waals surface area contributed by atoms with Gasteiger partial charge in [-0.3, -0.25) is 0 Å². The highest BCUT2D eigenvalue weighted by Gasteiger charge is 2.40. The van der Waals surface area contributed by atoms with Gasteiger partial charge in [0.2, 0.25) is 0 Å². The molecule has 0 amide bonds. The van der Waals surface area contributed by atoms with Crippen molar-refractivity contribution in [3.63, 3.8) is 0 Å². The van der Waals surface area contributed by atoms with Crippen LogP contribution >= 0.6 is 0 Å². The lowest BCUT2D eigenvalue weighted by atomic mass is 10.0. The SMILES string of the molecule is CC(C)(C)OOC(C)(C)C1CC1. The van der Waals surface area contributed by atoms with Crippen molar-refractivity contribution in [2.45, 2.75) is 58.7 Å². The number of hydrogen-bond donors (Lipinski definition) is 0. The van der Waals surface area contributed by atoms with Crippen molar-refractivity contribution >= 4 is 0 Å². The lowest BCUT2D eigenvalue weighted by molar-refractivity contribution is -0.401. The fourth-order valence-electron chi connectivity index (χ4n) is 1.08. The predicted molar refractivity (Wildman–Crippen MR) is 48.7 cm³/mol. The Labute approximate surface area is 75.2 Å². The van der Waals surface area contributed by atoms with E-state index >= 15 is 0 Å². The van der Waals surface area contributed by atoms with Crippen molar-refractivity contribution in [2.75, 3.05) is 0 Å². The molecular formula is C10H20O2. The van der Waals surface area contributed by atoms with E-state index in [-0.39, 0.29) is 11.2 Å². The molecule has 72 valence electrons. The van der Waals surface area contributed by atoms with Crippen LogP contribution in [0.3, 0.4) is 0 Å². The molecule has 12 heavy (non-hydrogen) atoms. The summed E-state index contributed by atoms with van der Waals surface area (Å²) in [5.41, 5.74) is -0.306. The highest BCUT2D eigenvalue weighted by atomic mass is 17.2. The van der Waals surface area contributed by atoms with E-state index in [2.05, 4.69) is 13.8 Å². The van der Waals surface area contributed by atoms with Gasteiger partial charge in [-0.1, -0.05) is 0 Å². The summed E-state index contributed by atoms with van der Waals surface area (Å²) in [6.07, 6.45) is 2.56. The van der Waals surface area contributed by atoms with Crippen LogP contribution in [0.25, 0.3) is 0 Å². The second-order valence-electron chi connectivity index (χ2n) is 5.16. The van der Waals surface area contributed by atoms with Gasteiger partial charge in [0.1, 0.15) is 5.60 Å². The summed E-state index contributed by atoms with van der Waals surface area (Å²) in [6.45, 7) is 10.2. The first kappa shape index (κ1) is 10.0. The topological polar surface area (TPSA) is 18.5 Å².